The number of hydrogen-bond donors (Lipinski definition) is 1. The van der Waals surface area contributed by atoms with Crippen LogP contribution < -0.4 is 5.32 Å². The Morgan fingerprint density at radius 3 is 2.63 bits per heavy atom. The molecule has 1 aromatic carbocycles. The van der Waals surface area contributed by atoms with Crippen LogP contribution in [0.4, 0.5) is 4.79 Å². The maximum absolute atomic E-state index is 13.5. The number of hydrogen-bond acceptors (Lipinski definition) is 2. The lowest BCUT2D eigenvalue weighted by atomic mass is 9.95. The highest BCUT2D eigenvalue weighted by atomic mass is 32.1. The first kappa shape index (κ1) is 19.4. The standard InChI is InChI=1S/C25H29N3OS/c1-16(2)26-25(29)28-15-20-19-7-4-5-9-22(19)30-24(20)27-14-6-8-21(27)23(28)18-12-10-17(3)11-13-18/h6,8,10-14,16,23H,4-5,7,9,15H2,1-3H3,(H,26,29)/t23-/m1/s1. The number of thiophene rings is 1. The molecule has 2 amide bonds. The van der Waals surface area contributed by atoms with E-state index in [1.807, 2.05) is 30.1 Å². The third-order valence-corrected chi connectivity index (χ3v) is 7.58. The number of nitrogens with one attached hydrogen (secondary N) is 1. The van der Waals surface area contributed by atoms with Crippen molar-refractivity contribution in [2.24, 2.45) is 0 Å². The van der Waals surface area contributed by atoms with Crippen molar-refractivity contribution < 1.29 is 4.79 Å². The van der Waals surface area contributed by atoms with Gasteiger partial charge >= 0.3 is 6.03 Å². The van der Waals surface area contributed by atoms with Gasteiger partial charge in [-0.25, -0.2) is 4.79 Å². The summed E-state index contributed by atoms with van der Waals surface area (Å²) < 4.78 is 2.34. The van der Waals surface area contributed by atoms with Crippen molar-refractivity contribution in [1.82, 2.24) is 14.8 Å². The van der Waals surface area contributed by atoms with Crippen molar-refractivity contribution in [3.63, 3.8) is 0 Å². The zero-order chi connectivity index (χ0) is 20.8. The van der Waals surface area contributed by atoms with Gasteiger partial charge in [-0.05, 0) is 69.7 Å². The fourth-order valence-electron chi connectivity index (χ4n) is 4.82. The molecule has 1 N–H and O–H groups in total. The lowest BCUT2D eigenvalue weighted by Gasteiger charge is -2.32. The molecule has 1 aliphatic carbocycles. The summed E-state index contributed by atoms with van der Waals surface area (Å²) in [4.78, 5) is 17.0. The third-order valence-electron chi connectivity index (χ3n) is 6.24. The molecule has 1 aliphatic heterocycles. The molecule has 4 nitrogen and oxygen atoms in total. The zero-order valence-electron chi connectivity index (χ0n) is 17.9. The normalized spacial score (nSPS) is 17.9. The van der Waals surface area contributed by atoms with Gasteiger partial charge in [-0.3, -0.25) is 0 Å². The van der Waals surface area contributed by atoms with Crippen LogP contribution in [0.3, 0.4) is 0 Å². The number of benzene rings is 1. The first-order chi connectivity index (χ1) is 14.5. The Morgan fingerprint density at radius 1 is 1.10 bits per heavy atom. The number of amides is 2. The monoisotopic (exact) mass is 419 g/mol. The average molecular weight is 420 g/mol. The molecular weight excluding hydrogens is 390 g/mol. The molecule has 0 spiro atoms. The minimum atomic E-state index is -0.113. The van der Waals surface area contributed by atoms with Gasteiger partial charge in [0.2, 0.25) is 0 Å². The molecule has 3 aromatic rings. The summed E-state index contributed by atoms with van der Waals surface area (Å²) in [6.07, 6.45) is 6.99. The van der Waals surface area contributed by atoms with Crippen LogP contribution in [-0.4, -0.2) is 21.5 Å². The van der Waals surface area contributed by atoms with Crippen LogP contribution in [0.2, 0.25) is 0 Å². The van der Waals surface area contributed by atoms with E-state index in [4.69, 9.17) is 0 Å². The Balaban J connectivity index is 1.69. The topological polar surface area (TPSA) is 37.3 Å². The summed E-state index contributed by atoms with van der Waals surface area (Å²) in [6, 6.07) is 12.9. The van der Waals surface area contributed by atoms with Gasteiger partial charge in [0.1, 0.15) is 5.00 Å². The molecule has 0 unspecified atom stereocenters. The number of carbonyl (C=O) groups excluding carboxylic acids is 1. The summed E-state index contributed by atoms with van der Waals surface area (Å²) in [5.74, 6) is 0. The van der Waals surface area contributed by atoms with E-state index in [0.29, 0.717) is 6.54 Å². The molecule has 5 heteroatoms. The van der Waals surface area contributed by atoms with E-state index >= 15 is 0 Å². The molecule has 2 aromatic heterocycles. The fourth-order valence-corrected chi connectivity index (χ4v) is 6.22. The van der Waals surface area contributed by atoms with Crippen LogP contribution in [0.25, 0.3) is 5.00 Å². The van der Waals surface area contributed by atoms with Crippen LogP contribution in [-0.2, 0) is 19.4 Å². The smallest absolute Gasteiger partial charge is 0.318 e. The van der Waals surface area contributed by atoms with Crippen LogP contribution in [0, 0.1) is 6.92 Å². The second-order valence-electron chi connectivity index (χ2n) is 8.84. The van der Waals surface area contributed by atoms with Crippen LogP contribution >= 0.6 is 11.3 Å². The number of carbonyl (C=O) groups is 1. The Bertz CT molecular complexity index is 1080. The number of rotatable bonds is 2. The summed E-state index contributed by atoms with van der Waals surface area (Å²) in [7, 11) is 0. The minimum Gasteiger partial charge on any atom is -0.336 e. The van der Waals surface area contributed by atoms with Gasteiger partial charge in [0, 0.05) is 22.7 Å². The van der Waals surface area contributed by atoms with Crippen LogP contribution in [0.5, 0.6) is 0 Å². The van der Waals surface area contributed by atoms with Crippen molar-refractivity contribution in [1.29, 1.82) is 0 Å². The number of fused-ring (bicyclic) bond motifs is 5. The van der Waals surface area contributed by atoms with Crippen molar-refractivity contribution in [3.8, 4) is 5.00 Å². The maximum atomic E-state index is 13.5. The number of urea groups is 1. The summed E-state index contributed by atoms with van der Waals surface area (Å²) in [6.45, 7) is 6.81. The van der Waals surface area contributed by atoms with Crippen molar-refractivity contribution in [3.05, 3.63) is 75.4 Å². The molecule has 0 fully saturated rings. The molecule has 156 valence electrons. The predicted molar refractivity (Wildman–Crippen MR) is 123 cm³/mol. The summed E-state index contributed by atoms with van der Waals surface area (Å²) in [5.41, 5.74) is 6.39. The van der Waals surface area contributed by atoms with Crippen molar-refractivity contribution in [2.75, 3.05) is 0 Å². The number of nitrogens with zero attached hydrogens (tertiary/aromatic N) is 2. The first-order valence-corrected chi connectivity index (χ1v) is 11.8. The molecule has 0 bridgehead atoms. The lowest BCUT2D eigenvalue weighted by molar-refractivity contribution is 0.178. The van der Waals surface area contributed by atoms with Crippen molar-refractivity contribution >= 4 is 17.4 Å². The minimum absolute atomic E-state index is 0.00642. The molecule has 0 saturated carbocycles. The Labute approximate surface area is 182 Å². The van der Waals surface area contributed by atoms with E-state index in [9.17, 15) is 4.79 Å². The SMILES string of the molecule is Cc1ccc([C@@H]2c3cccn3-c3sc4c(c3CN2C(=O)NC(C)C)CCCC4)cc1. The predicted octanol–water partition coefficient (Wildman–Crippen LogP) is 5.75. The van der Waals surface area contributed by atoms with E-state index in [1.54, 1.807) is 0 Å². The number of aromatic nitrogens is 1. The zero-order valence-corrected chi connectivity index (χ0v) is 18.8. The quantitative estimate of drug-likeness (QED) is 0.564. The lowest BCUT2D eigenvalue weighted by Crippen LogP contribution is -2.44. The van der Waals surface area contributed by atoms with Crippen LogP contribution in [0.15, 0.2) is 42.6 Å². The van der Waals surface area contributed by atoms with E-state index in [1.165, 1.54) is 45.8 Å². The second-order valence-corrected chi connectivity index (χ2v) is 9.93. The highest BCUT2D eigenvalue weighted by Crippen LogP contribution is 2.44. The largest absolute Gasteiger partial charge is 0.336 e. The molecule has 30 heavy (non-hydrogen) atoms. The van der Waals surface area contributed by atoms with E-state index in [-0.39, 0.29) is 18.1 Å². The van der Waals surface area contributed by atoms with Gasteiger partial charge in [0.25, 0.3) is 0 Å². The Kier molecular flexibility index (Phi) is 4.94. The highest BCUT2D eigenvalue weighted by molar-refractivity contribution is 7.15. The molecular formula is C25H29N3OS. The van der Waals surface area contributed by atoms with Gasteiger partial charge < -0.3 is 14.8 Å². The maximum Gasteiger partial charge on any atom is 0.318 e. The Morgan fingerprint density at radius 2 is 1.87 bits per heavy atom. The molecule has 0 saturated heterocycles. The van der Waals surface area contributed by atoms with Gasteiger partial charge in [-0.1, -0.05) is 29.8 Å². The van der Waals surface area contributed by atoms with E-state index in [2.05, 4.69) is 59.4 Å². The Hall–Kier alpha value is -2.53. The van der Waals surface area contributed by atoms with Gasteiger partial charge in [-0.2, -0.15) is 0 Å². The first-order valence-electron chi connectivity index (χ1n) is 11.0. The average Bonchev–Trinajstić information content (AvgIpc) is 3.30. The summed E-state index contributed by atoms with van der Waals surface area (Å²) >= 11 is 1.93. The fraction of sp³-hybridized carbons (Fsp3) is 0.400. The number of aryl methyl sites for hydroxylation is 2. The third kappa shape index (κ3) is 3.25. The van der Waals surface area contributed by atoms with Gasteiger partial charge in [-0.15, -0.1) is 11.3 Å². The summed E-state index contributed by atoms with van der Waals surface area (Å²) in [5, 5.41) is 4.46. The van der Waals surface area contributed by atoms with Gasteiger partial charge in [0.15, 0.2) is 0 Å². The molecule has 3 heterocycles. The van der Waals surface area contributed by atoms with E-state index < -0.39 is 0 Å². The molecule has 5 rings (SSSR count). The molecule has 1 atom stereocenters. The van der Waals surface area contributed by atoms with E-state index in [0.717, 1.165) is 17.7 Å². The van der Waals surface area contributed by atoms with Gasteiger partial charge in [0.05, 0.1) is 18.3 Å². The highest BCUT2D eigenvalue weighted by Gasteiger charge is 2.36. The molecule has 2 aliphatic rings. The van der Waals surface area contributed by atoms with Crippen molar-refractivity contribution in [2.45, 2.75) is 65.1 Å². The second kappa shape index (κ2) is 7.62. The van der Waals surface area contributed by atoms with Crippen LogP contribution in [0.1, 0.15) is 65.6 Å². The molecule has 0 radical (unpaired) electrons.